The van der Waals surface area contributed by atoms with Gasteiger partial charge in [-0.2, -0.15) is 13.2 Å². The summed E-state index contributed by atoms with van der Waals surface area (Å²) in [6, 6.07) is 2.82. The number of hydrogen-bond acceptors (Lipinski definition) is 1. The summed E-state index contributed by atoms with van der Waals surface area (Å²) in [6.07, 6.45) is -3.46. The fraction of sp³-hybridized carbons (Fsp3) is 0.111. The minimum Gasteiger partial charge on any atom is -0.464 e. The van der Waals surface area contributed by atoms with Gasteiger partial charge in [-0.1, -0.05) is 0 Å². The first kappa shape index (κ1) is 9.05. The van der Waals surface area contributed by atoms with Gasteiger partial charge in [-0.05, 0) is 12.1 Å². The third-order valence-electron chi connectivity index (χ3n) is 1.85. The van der Waals surface area contributed by atoms with Crippen molar-refractivity contribution in [2.45, 2.75) is 6.18 Å². The Morgan fingerprint density at radius 3 is 2.50 bits per heavy atom. The van der Waals surface area contributed by atoms with Gasteiger partial charge < -0.3 is 4.42 Å². The van der Waals surface area contributed by atoms with E-state index in [-0.39, 0.29) is 11.0 Å². The molecule has 0 aliphatic carbocycles. The van der Waals surface area contributed by atoms with Crippen LogP contribution in [-0.2, 0) is 6.18 Å². The molecule has 0 unspecified atom stereocenters. The maximum absolute atomic E-state index is 12.9. The Kier molecular flexibility index (Phi) is 1.77. The molecule has 0 saturated heterocycles. The highest BCUT2D eigenvalue weighted by Crippen LogP contribution is 2.33. The van der Waals surface area contributed by atoms with E-state index in [1.54, 1.807) is 0 Å². The van der Waals surface area contributed by atoms with E-state index in [4.69, 9.17) is 4.42 Å². The highest BCUT2D eigenvalue weighted by Gasteiger charge is 2.34. The van der Waals surface area contributed by atoms with Crippen LogP contribution in [0, 0.1) is 5.82 Å². The van der Waals surface area contributed by atoms with Gasteiger partial charge in [0.15, 0.2) is 0 Å². The van der Waals surface area contributed by atoms with Gasteiger partial charge in [0, 0.05) is 11.5 Å². The minimum atomic E-state index is -4.67. The van der Waals surface area contributed by atoms with Crippen molar-refractivity contribution in [3.8, 4) is 0 Å². The molecule has 0 amide bonds. The first-order valence-electron chi connectivity index (χ1n) is 3.72. The van der Waals surface area contributed by atoms with Crippen molar-refractivity contribution in [1.82, 2.24) is 0 Å². The zero-order valence-electron chi connectivity index (χ0n) is 6.73. The second-order valence-electron chi connectivity index (χ2n) is 2.79. The van der Waals surface area contributed by atoms with Crippen molar-refractivity contribution in [3.63, 3.8) is 0 Å². The molecule has 0 spiro atoms. The van der Waals surface area contributed by atoms with Gasteiger partial charge in [0.2, 0.25) is 0 Å². The second-order valence-corrected chi connectivity index (χ2v) is 2.79. The molecule has 1 aromatic carbocycles. The molecule has 74 valence electrons. The Labute approximate surface area is 75.9 Å². The van der Waals surface area contributed by atoms with Gasteiger partial charge in [0.25, 0.3) is 0 Å². The lowest BCUT2D eigenvalue weighted by Gasteiger charge is -2.06. The highest BCUT2D eigenvalue weighted by molar-refractivity contribution is 5.78. The van der Waals surface area contributed by atoms with Crippen LogP contribution in [0.15, 0.2) is 28.9 Å². The molecule has 1 heterocycles. The molecule has 0 radical (unpaired) electrons. The second kappa shape index (κ2) is 2.73. The Balaban J connectivity index is 2.71. The van der Waals surface area contributed by atoms with Crippen LogP contribution in [0.2, 0.25) is 0 Å². The monoisotopic (exact) mass is 204 g/mol. The fourth-order valence-corrected chi connectivity index (χ4v) is 1.20. The summed E-state index contributed by atoms with van der Waals surface area (Å²) in [6.45, 7) is 0. The third-order valence-corrected chi connectivity index (χ3v) is 1.85. The molecular weight excluding hydrogens is 200 g/mol. The van der Waals surface area contributed by atoms with Gasteiger partial charge in [-0.15, -0.1) is 0 Å². The number of hydrogen-bond donors (Lipinski definition) is 0. The van der Waals surface area contributed by atoms with E-state index in [9.17, 15) is 17.6 Å². The lowest BCUT2D eigenvalue weighted by atomic mass is 10.1. The normalized spacial score (nSPS) is 12.3. The van der Waals surface area contributed by atoms with Crippen LogP contribution in [0.1, 0.15) is 5.56 Å². The van der Waals surface area contributed by atoms with E-state index < -0.39 is 17.6 Å². The molecule has 0 fully saturated rings. The van der Waals surface area contributed by atoms with Gasteiger partial charge in [0.05, 0.1) is 11.8 Å². The molecular formula is C9H4F4O. The predicted molar refractivity (Wildman–Crippen MR) is 41.2 cm³/mol. The summed E-state index contributed by atoms with van der Waals surface area (Å²) >= 11 is 0. The third kappa shape index (κ3) is 1.34. The van der Waals surface area contributed by atoms with Gasteiger partial charge >= 0.3 is 6.18 Å². The Morgan fingerprint density at radius 1 is 1.14 bits per heavy atom. The topological polar surface area (TPSA) is 13.1 Å². The predicted octanol–water partition coefficient (Wildman–Crippen LogP) is 3.59. The molecule has 1 aromatic heterocycles. The number of fused-ring (bicyclic) bond motifs is 1. The van der Waals surface area contributed by atoms with E-state index >= 15 is 0 Å². The van der Waals surface area contributed by atoms with Crippen LogP contribution in [-0.4, -0.2) is 0 Å². The zero-order chi connectivity index (χ0) is 10.3. The Hall–Kier alpha value is -1.52. The fourth-order valence-electron chi connectivity index (χ4n) is 1.20. The first-order valence-corrected chi connectivity index (χ1v) is 3.72. The summed E-state index contributed by atoms with van der Waals surface area (Å²) in [5.74, 6) is -1.32. The lowest BCUT2D eigenvalue weighted by Crippen LogP contribution is -2.07. The van der Waals surface area contributed by atoms with Gasteiger partial charge in [-0.3, -0.25) is 0 Å². The lowest BCUT2D eigenvalue weighted by molar-refractivity contribution is -0.139. The summed E-state index contributed by atoms with van der Waals surface area (Å²) in [5.41, 5.74) is -1.16. The van der Waals surface area contributed by atoms with Crippen LogP contribution in [0.5, 0.6) is 0 Å². The van der Waals surface area contributed by atoms with Crippen LogP contribution in [0.4, 0.5) is 17.6 Å². The van der Waals surface area contributed by atoms with Gasteiger partial charge in [-0.25, -0.2) is 4.39 Å². The number of alkyl halides is 3. The molecule has 0 atom stereocenters. The zero-order valence-corrected chi connectivity index (χ0v) is 6.73. The van der Waals surface area contributed by atoms with E-state index in [1.165, 1.54) is 12.3 Å². The van der Waals surface area contributed by atoms with Crippen molar-refractivity contribution < 1.29 is 22.0 Å². The molecule has 0 aliphatic heterocycles. The average molecular weight is 204 g/mol. The number of rotatable bonds is 0. The molecule has 0 saturated carbocycles. The Morgan fingerprint density at radius 2 is 1.86 bits per heavy atom. The molecule has 5 heteroatoms. The van der Waals surface area contributed by atoms with Crippen LogP contribution < -0.4 is 0 Å². The smallest absolute Gasteiger partial charge is 0.419 e. The molecule has 2 rings (SSSR count). The minimum absolute atomic E-state index is 0.107. The average Bonchev–Trinajstić information content (AvgIpc) is 2.47. The maximum atomic E-state index is 12.9. The number of halogens is 4. The van der Waals surface area contributed by atoms with Crippen molar-refractivity contribution in [2.24, 2.45) is 0 Å². The summed E-state index contributed by atoms with van der Waals surface area (Å²) in [4.78, 5) is 0. The molecule has 0 aliphatic rings. The largest absolute Gasteiger partial charge is 0.464 e. The molecule has 2 aromatic rings. The maximum Gasteiger partial charge on any atom is 0.419 e. The first-order chi connectivity index (χ1) is 6.48. The van der Waals surface area contributed by atoms with Gasteiger partial charge in [0.1, 0.15) is 11.4 Å². The van der Waals surface area contributed by atoms with E-state index in [2.05, 4.69) is 0 Å². The molecule has 1 nitrogen and oxygen atoms in total. The van der Waals surface area contributed by atoms with Crippen molar-refractivity contribution in [2.75, 3.05) is 0 Å². The van der Waals surface area contributed by atoms with Crippen LogP contribution >= 0.6 is 0 Å². The van der Waals surface area contributed by atoms with Crippen molar-refractivity contribution in [3.05, 3.63) is 35.8 Å². The summed E-state index contributed by atoms with van der Waals surface area (Å²) in [7, 11) is 0. The molecule has 14 heavy (non-hydrogen) atoms. The summed E-state index contributed by atoms with van der Waals surface area (Å²) < 4.78 is 54.3. The number of furan rings is 1. The van der Waals surface area contributed by atoms with E-state index in [1.807, 2.05) is 0 Å². The van der Waals surface area contributed by atoms with Crippen molar-refractivity contribution in [1.29, 1.82) is 0 Å². The molecule has 0 N–H and O–H groups in total. The quantitative estimate of drug-likeness (QED) is 0.597. The summed E-state index contributed by atoms with van der Waals surface area (Å²) in [5, 5.41) is 0.235. The standard InChI is InChI=1S/C9H4F4O/c10-7-4-8-5(1-2-14-8)3-6(7)9(11,12)13/h1-4H. The van der Waals surface area contributed by atoms with E-state index in [0.29, 0.717) is 0 Å². The highest BCUT2D eigenvalue weighted by atomic mass is 19.4. The van der Waals surface area contributed by atoms with E-state index in [0.717, 1.165) is 12.1 Å². The Bertz CT molecular complexity index is 469. The van der Waals surface area contributed by atoms with Crippen LogP contribution in [0.3, 0.4) is 0 Å². The van der Waals surface area contributed by atoms with Crippen LogP contribution in [0.25, 0.3) is 11.0 Å². The SMILES string of the molecule is Fc1cc2occc2cc1C(F)(F)F. The number of benzene rings is 1. The molecule has 0 bridgehead atoms. The van der Waals surface area contributed by atoms with Crippen molar-refractivity contribution >= 4 is 11.0 Å².